The molecular formula is C18H11Br2FO2. The van der Waals surface area contributed by atoms with Gasteiger partial charge in [0.15, 0.2) is 0 Å². The first kappa shape index (κ1) is 16.0. The third-order valence-corrected chi connectivity index (χ3v) is 4.48. The molecule has 0 unspecified atom stereocenters. The van der Waals surface area contributed by atoms with E-state index in [2.05, 4.69) is 31.9 Å². The van der Waals surface area contributed by atoms with Gasteiger partial charge < -0.3 is 10.2 Å². The average molecular weight is 438 g/mol. The SMILES string of the molecule is Oc1ccc(Br)cc1-c1cccc(F)c1-c1cc(Br)ccc1O. The van der Waals surface area contributed by atoms with Gasteiger partial charge in [-0.1, -0.05) is 44.0 Å². The van der Waals surface area contributed by atoms with Crippen LogP contribution < -0.4 is 0 Å². The first-order chi connectivity index (χ1) is 11.0. The molecule has 23 heavy (non-hydrogen) atoms. The van der Waals surface area contributed by atoms with Gasteiger partial charge in [-0.3, -0.25) is 0 Å². The number of rotatable bonds is 2. The van der Waals surface area contributed by atoms with E-state index in [1.807, 2.05) is 0 Å². The summed E-state index contributed by atoms with van der Waals surface area (Å²) in [6.07, 6.45) is 0. The van der Waals surface area contributed by atoms with Gasteiger partial charge in [0.2, 0.25) is 0 Å². The molecule has 0 aliphatic carbocycles. The smallest absolute Gasteiger partial charge is 0.131 e. The standard InChI is InChI=1S/C18H11Br2FO2/c19-10-4-6-16(22)13(8-10)12-2-1-3-15(21)18(12)14-9-11(20)5-7-17(14)23/h1-9,22-23H. The Bertz CT molecular complexity index is 894. The summed E-state index contributed by atoms with van der Waals surface area (Å²) < 4.78 is 16.0. The van der Waals surface area contributed by atoms with E-state index in [9.17, 15) is 14.6 Å². The molecule has 5 heteroatoms. The summed E-state index contributed by atoms with van der Waals surface area (Å²) in [4.78, 5) is 0. The van der Waals surface area contributed by atoms with Crippen molar-refractivity contribution in [1.82, 2.24) is 0 Å². The van der Waals surface area contributed by atoms with E-state index in [0.29, 0.717) is 16.7 Å². The summed E-state index contributed by atoms with van der Waals surface area (Å²) in [5, 5.41) is 20.3. The minimum absolute atomic E-state index is 0.0333. The third kappa shape index (κ3) is 3.12. The molecule has 116 valence electrons. The van der Waals surface area contributed by atoms with Crippen molar-refractivity contribution in [3.63, 3.8) is 0 Å². The monoisotopic (exact) mass is 436 g/mol. The highest BCUT2D eigenvalue weighted by Gasteiger charge is 2.18. The molecule has 3 rings (SSSR count). The average Bonchev–Trinajstić information content (AvgIpc) is 2.52. The second kappa shape index (κ2) is 6.34. The fourth-order valence-corrected chi connectivity index (χ4v) is 3.18. The number of aromatic hydroxyl groups is 2. The van der Waals surface area contributed by atoms with Crippen LogP contribution in [0.3, 0.4) is 0 Å². The van der Waals surface area contributed by atoms with E-state index < -0.39 is 5.82 Å². The number of hydrogen-bond donors (Lipinski definition) is 2. The molecule has 3 aromatic rings. The summed E-state index contributed by atoms with van der Waals surface area (Å²) in [7, 11) is 0. The summed E-state index contributed by atoms with van der Waals surface area (Å²) in [6.45, 7) is 0. The van der Waals surface area contributed by atoms with Gasteiger partial charge >= 0.3 is 0 Å². The molecule has 0 aliphatic rings. The van der Waals surface area contributed by atoms with Crippen molar-refractivity contribution in [2.24, 2.45) is 0 Å². The molecule has 0 radical (unpaired) electrons. The maximum atomic E-state index is 14.5. The van der Waals surface area contributed by atoms with Gasteiger partial charge in [0.05, 0.1) is 0 Å². The lowest BCUT2D eigenvalue weighted by Crippen LogP contribution is -1.91. The highest BCUT2D eigenvalue weighted by molar-refractivity contribution is 9.10. The number of hydrogen-bond acceptors (Lipinski definition) is 2. The van der Waals surface area contributed by atoms with Crippen molar-refractivity contribution >= 4 is 31.9 Å². The second-order valence-corrected chi connectivity index (χ2v) is 6.82. The zero-order chi connectivity index (χ0) is 16.6. The van der Waals surface area contributed by atoms with Crippen molar-refractivity contribution in [2.45, 2.75) is 0 Å². The number of halogens is 3. The Morgan fingerprint density at radius 3 is 1.91 bits per heavy atom. The molecule has 0 aliphatic heterocycles. The molecule has 0 aromatic heterocycles. The predicted molar refractivity (Wildman–Crippen MR) is 96.0 cm³/mol. The fourth-order valence-electron chi connectivity index (χ4n) is 2.45. The molecule has 3 aromatic carbocycles. The third-order valence-electron chi connectivity index (χ3n) is 3.49. The minimum atomic E-state index is -0.477. The predicted octanol–water partition coefficient (Wildman–Crippen LogP) is 6.10. The van der Waals surface area contributed by atoms with E-state index >= 15 is 0 Å². The number of benzene rings is 3. The van der Waals surface area contributed by atoms with E-state index in [1.54, 1.807) is 36.4 Å². The van der Waals surface area contributed by atoms with Crippen LogP contribution in [-0.4, -0.2) is 10.2 Å². The lowest BCUT2D eigenvalue weighted by Gasteiger charge is -2.14. The van der Waals surface area contributed by atoms with E-state index in [0.717, 1.165) is 8.95 Å². The quantitative estimate of drug-likeness (QED) is 0.508. The van der Waals surface area contributed by atoms with Crippen LogP contribution in [0, 0.1) is 5.82 Å². The molecule has 0 heterocycles. The lowest BCUT2D eigenvalue weighted by atomic mass is 9.93. The fraction of sp³-hybridized carbons (Fsp3) is 0. The minimum Gasteiger partial charge on any atom is -0.507 e. The molecular weight excluding hydrogens is 427 g/mol. The van der Waals surface area contributed by atoms with Gasteiger partial charge in [0.1, 0.15) is 17.3 Å². The topological polar surface area (TPSA) is 40.5 Å². The molecule has 0 saturated heterocycles. The highest BCUT2D eigenvalue weighted by atomic mass is 79.9. The summed E-state index contributed by atoms with van der Waals surface area (Å²) in [6, 6.07) is 14.4. The molecule has 0 saturated carbocycles. The number of phenolic OH excluding ortho intramolecular Hbond substituents is 2. The van der Waals surface area contributed by atoms with Crippen molar-refractivity contribution in [3.8, 4) is 33.8 Å². The Kier molecular flexibility index (Phi) is 4.41. The zero-order valence-corrected chi connectivity index (χ0v) is 14.9. The van der Waals surface area contributed by atoms with Crippen LogP contribution in [0.2, 0.25) is 0 Å². The van der Waals surface area contributed by atoms with Crippen LogP contribution in [0.4, 0.5) is 4.39 Å². The van der Waals surface area contributed by atoms with E-state index in [4.69, 9.17) is 0 Å². The van der Waals surface area contributed by atoms with Crippen LogP contribution in [0.25, 0.3) is 22.3 Å². The van der Waals surface area contributed by atoms with Crippen LogP contribution in [0.15, 0.2) is 63.5 Å². The van der Waals surface area contributed by atoms with Crippen molar-refractivity contribution in [3.05, 3.63) is 69.4 Å². The summed E-state index contributed by atoms with van der Waals surface area (Å²) >= 11 is 6.69. The van der Waals surface area contributed by atoms with Crippen LogP contribution in [0.1, 0.15) is 0 Å². The first-order valence-corrected chi connectivity index (χ1v) is 8.32. The number of phenols is 2. The van der Waals surface area contributed by atoms with Gasteiger partial charge in [-0.05, 0) is 48.0 Å². The maximum absolute atomic E-state index is 14.5. The van der Waals surface area contributed by atoms with Crippen molar-refractivity contribution < 1.29 is 14.6 Å². The Labute approximate surface area is 149 Å². The van der Waals surface area contributed by atoms with Gasteiger partial charge in [-0.25, -0.2) is 4.39 Å². The van der Waals surface area contributed by atoms with Gasteiger partial charge in [0.25, 0.3) is 0 Å². The zero-order valence-electron chi connectivity index (χ0n) is 11.7. The first-order valence-electron chi connectivity index (χ1n) is 6.73. The van der Waals surface area contributed by atoms with E-state index in [-0.39, 0.29) is 17.1 Å². The molecule has 2 nitrogen and oxygen atoms in total. The highest BCUT2D eigenvalue weighted by Crippen LogP contribution is 2.42. The molecule has 0 bridgehead atoms. The van der Waals surface area contributed by atoms with Gasteiger partial charge in [-0.15, -0.1) is 0 Å². The molecule has 0 amide bonds. The second-order valence-electron chi connectivity index (χ2n) is 4.99. The largest absolute Gasteiger partial charge is 0.507 e. The van der Waals surface area contributed by atoms with E-state index in [1.165, 1.54) is 18.2 Å². The maximum Gasteiger partial charge on any atom is 0.131 e. The molecule has 2 N–H and O–H groups in total. The van der Waals surface area contributed by atoms with Gasteiger partial charge in [0, 0.05) is 25.6 Å². The molecule has 0 fully saturated rings. The van der Waals surface area contributed by atoms with Crippen molar-refractivity contribution in [1.29, 1.82) is 0 Å². The Balaban J connectivity index is 2.34. The van der Waals surface area contributed by atoms with Crippen LogP contribution in [-0.2, 0) is 0 Å². The molecule has 0 atom stereocenters. The Morgan fingerprint density at radius 1 is 0.696 bits per heavy atom. The Morgan fingerprint density at radius 2 is 1.26 bits per heavy atom. The van der Waals surface area contributed by atoms with Crippen LogP contribution >= 0.6 is 31.9 Å². The normalized spacial score (nSPS) is 10.7. The van der Waals surface area contributed by atoms with Crippen molar-refractivity contribution in [2.75, 3.05) is 0 Å². The Hall–Kier alpha value is -1.85. The molecule has 0 spiro atoms. The summed E-state index contributed by atoms with van der Waals surface area (Å²) in [5.41, 5.74) is 1.57. The van der Waals surface area contributed by atoms with Crippen LogP contribution in [0.5, 0.6) is 11.5 Å². The lowest BCUT2D eigenvalue weighted by molar-refractivity contribution is 0.475. The van der Waals surface area contributed by atoms with Gasteiger partial charge in [-0.2, -0.15) is 0 Å². The summed E-state index contributed by atoms with van der Waals surface area (Å²) in [5.74, 6) is -0.473.